The molecule has 8 nitrogen and oxygen atoms in total. The summed E-state index contributed by atoms with van der Waals surface area (Å²) < 4.78 is 10.5. The third kappa shape index (κ3) is 4.67. The van der Waals surface area contributed by atoms with E-state index in [2.05, 4.69) is 22.5 Å². The summed E-state index contributed by atoms with van der Waals surface area (Å²) in [4.78, 5) is 33.5. The van der Waals surface area contributed by atoms with Crippen molar-refractivity contribution in [1.29, 1.82) is 0 Å². The Morgan fingerprint density at radius 3 is 2.67 bits per heavy atom. The van der Waals surface area contributed by atoms with Crippen LogP contribution in [0.1, 0.15) is 31.3 Å². The number of carbonyl (C=O) groups is 2. The molecule has 9 heteroatoms. The van der Waals surface area contributed by atoms with Gasteiger partial charge in [0.25, 0.3) is 5.91 Å². The van der Waals surface area contributed by atoms with E-state index >= 15 is 0 Å². The first-order valence-electron chi connectivity index (χ1n) is 9.64. The Labute approximate surface area is 179 Å². The number of nitrogens with zero attached hydrogens (tertiary/aromatic N) is 2. The average Bonchev–Trinajstić information content (AvgIpc) is 3.17. The van der Waals surface area contributed by atoms with Gasteiger partial charge in [-0.3, -0.25) is 9.79 Å². The molecule has 1 aliphatic carbocycles. The summed E-state index contributed by atoms with van der Waals surface area (Å²) in [5, 5.41) is 13.8. The molecular weight excluding hydrogens is 406 g/mol. The van der Waals surface area contributed by atoms with Gasteiger partial charge in [-0.15, -0.1) is 11.8 Å². The molecule has 1 aromatic rings. The van der Waals surface area contributed by atoms with Crippen molar-refractivity contribution in [2.75, 3.05) is 7.11 Å². The first-order valence-corrected chi connectivity index (χ1v) is 10.5. The van der Waals surface area contributed by atoms with Crippen molar-refractivity contribution < 1.29 is 24.2 Å². The fourth-order valence-electron chi connectivity index (χ4n) is 3.02. The second-order valence-electron chi connectivity index (χ2n) is 7.15. The fourth-order valence-corrected chi connectivity index (χ4v) is 4.35. The Kier molecular flexibility index (Phi) is 6.81. The Hall–Kier alpha value is -2.81. The maximum atomic E-state index is 12.5. The molecule has 30 heavy (non-hydrogen) atoms. The van der Waals surface area contributed by atoms with Crippen LogP contribution in [0.3, 0.4) is 0 Å². The summed E-state index contributed by atoms with van der Waals surface area (Å²) in [6.07, 6.45) is 9.10. The lowest BCUT2D eigenvalue weighted by molar-refractivity contribution is -0.151. The van der Waals surface area contributed by atoms with Crippen LogP contribution >= 0.6 is 11.8 Å². The number of pyridine rings is 1. The predicted molar refractivity (Wildman–Crippen MR) is 115 cm³/mol. The highest BCUT2D eigenvalue weighted by Crippen LogP contribution is 2.35. The molecule has 0 aromatic carbocycles. The van der Waals surface area contributed by atoms with Gasteiger partial charge in [-0.1, -0.05) is 31.2 Å². The van der Waals surface area contributed by atoms with E-state index < -0.39 is 24.0 Å². The number of aromatic nitrogens is 1. The second kappa shape index (κ2) is 9.34. The number of hydrogen-bond donors (Lipinski definition) is 2. The Morgan fingerprint density at radius 1 is 1.23 bits per heavy atom. The summed E-state index contributed by atoms with van der Waals surface area (Å²) >= 11 is 1.68. The largest absolute Gasteiger partial charge is 0.503 e. The van der Waals surface area contributed by atoms with E-state index in [1.165, 1.54) is 26.3 Å². The molecule has 0 saturated carbocycles. The molecule has 0 bridgehead atoms. The van der Waals surface area contributed by atoms with Gasteiger partial charge >= 0.3 is 5.97 Å². The monoisotopic (exact) mass is 431 g/mol. The number of aromatic hydroxyl groups is 1. The zero-order chi connectivity index (χ0) is 21.8. The van der Waals surface area contributed by atoms with E-state index in [1.807, 2.05) is 26.0 Å². The van der Waals surface area contributed by atoms with Crippen LogP contribution in [0.15, 0.2) is 41.6 Å². The number of ether oxygens (including phenoxy) is 2. The van der Waals surface area contributed by atoms with Crippen molar-refractivity contribution in [3.63, 3.8) is 0 Å². The number of allylic oxidation sites excluding steroid dienone is 2. The molecule has 1 amide bonds. The highest BCUT2D eigenvalue weighted by Gasteiger charge is 2.33. The number of nitrogens with one attached hydrogen (secondary N) is 1. The van der Waals surface area contributed by atoms with Crippen LogP contribution in [0.5, 0.6) is 11.5 Å². The van der Waals surface area contributed by atoms with Gasteiger partial charge < -0.3 is 19.9 Å². The first-order chi connectivity index (χ1) is 14.3. The molecule has 4 unspecified atom stereocenters. The molecular formula is C21H25N3O5S. The second-order valence-corrected chi connectivity index (χ2v) is 8.34. The minimum absolute atomic E-state index is 0.0710. The predicted octanol–water partition coefficient (Wildman–Crippen LogP) is 2.49. The summed E-state index contributed by atoms with van der Waals surface area (Å²) in [5.41, 5.74) is -0.226. The molecule has 1 aliphatic heterocycles. The van der Waals surface area contributed by atoms with Crippen LogP contribution in [0.2, 0.25) is 0 Å². The summed E-state index contributed by atoms with van der Waals surface area (Å²) in [7, 11) is 1.37. The van der Waals surface area contributed by atoms with Crippen molar-refractivity contribution >= 4 is 28.7 Å². The number of amides is 1. The van der Waals surface area contributed by atoms with E-state index in [0.29, 0.717) is 0 Å². The van der Waals surface area contributed by atoms with Gasteiger partial charge in [-0.2, -0.15) is 0 Å². The van der Waals surface area contributed by atoms with Crippen LogP contribution in [0.4, 0.5) is 0 Å². The number of methoxy groups -OCH3 is 1. The van der Waals surface area contributed by atoms with E-state index in [9.17, 15) is 14.7 Å². The molecule has 2 heterocycles. The summed E-state index contributed by atoms with van der Waals surface area (Å²) in [6, 6.07) is 0.631. The van der Waals surface area contributed by atoms with Crippen LogP contribution in [0, 0.1) is 5.92 Å². The summed E-state index contributed by atoms with van der Waals surface area (Å²) in [6.45, 7) is 5.29. The highest BCUT2D eigenvalue weighted by atomic mass is 32.2. The number of rotatable bonds is 7. The molecule has 0 radical (unpaired) electrons. The van der Waals surface area contributed by atoms with Crippen molar-refractivity contribution in [3.05, 3.63) is 42.3 Å². The third-order valence-corrected chi connectivity index (χ3v) is 6.44. The number of carbonyl (C=O) groups excluding carboxylic acids is 2. The zero-order valence-electron chi connectivity index (χ0n) is 17.2. The smallest absolute Gasteiger partial charge is 0.328 e. The molecule has 0 saturated heterocycles. The minimum Gasteiger partial charge on any atom is -0.503 e. The molecule has 2 aliphatic rings. The van der Waals surface area contributed by atoms with E-state index in [1.54, 1.807) is 11.8 Å². The number of aliphatic imine (C=N–C) groups is 1. The van der Waals surface area contributed by atoms with Gasteiger partial charge in [-0.05, 0) is 13.8 Å². The van der Waals surface area contributed by atoms with Crippen molar-refractivity contribution in [1.82, 2.24) is 10.3 Å². The topological polar surface area (TPSA) is 110 Å². The summed E-state index contributed by atoms with van der Waals surface area (Å²) in [5.74, 6) is -1.62. The molecule has 5 atom stereocenters. The number of esters is 1. The molecule has 2 N–H and O–H groups in total. The zero-order valence-corrected chi connectivity index (χ0v) is 18.1. The minimum atomic E-state index is -0.925. The van der Waals surface area contributed by atoms with Crippen LogP contribution in [-0.2, 0) is 9.53 Å². The van der Waals surface area contributed by atoms with Gasteiger partial charge in [0, 0.05) is 18.2 Å². The molecule has 160 valence electrons. The van der Waals surface area contributed by atoms with E-state index in [0.717, 1.165) is 5.04 Å². The molecule has 3 rings (SSSR count). The van der Waals surface area contributed by atoms with Crippen LogP contribution < -0.4 is 10.1 Å². The van der Waals surface area contributed by atoms with Crippen molar-refractivity contribution in [3.8, 4) is 11.5 Å². The van der Waals surface area contributed by atoms with Crippen LogP contribution in [0.25, 0.3) is 0 Å². The highest BCUT2D eigenvalue weighted by molar-refractivity contribution is 8.15. The third-order valence-electron chi connectivity index (χ3n) is 5.01. The molecule has 0 spiro atoms. The first kappa shape index (κ1) is 21.9. The van der Waals surface area contributed by atoms with E-state index in [4.69, 9.17) is 14.5 Å². The van der Waals surface area contributed by atoms with Gasteiger partial charge in [0.05, 0.1) is 23.4 Å². The Bertz CT molecular complexity index is 914. The van der Waals surface area contributed by atoms with Crippen LogP contribution in [-0.4, -0.2) is 57.6 Å². The SMILES string of the molecule is COc1ccnc(C(=O)N[C@@H](C)C(=O)OC(C)C(C)C2=NC3C=CC=CC3S2)c1O. The normalized spacial score (nSPS) is 22.5. The molecule has 0 fully saturated rings. The van der Waals surface area contributed by atoms with Crippen molar-refractivity contribution in [2.24, 2.45) is 10.9 Å². The standard InChI is InChI=1S/C21H25N3O5S/c1-11(20-24-14-7-5-6-8-16(14)30-20)13(3)29-21(27)12(2)23-19(26)17-18(25)15(28-4)9-10-22-17/h5-14,16,25H,1-4H3,(H,23,26)/t11?,12-,13?,14?,16?/m0/s1. The van der Waals surface area contributed by atoms with Gasteiger partial charge in [0.1, 0.15) is 12.1 Å². The van der Waals surface area contributed by atoms with Gasteiger partial charge in [0.2, 0.25) is 0 Å². The average molecular weight is 432 g/mol. The lowest BCUT2D eigenvalue weighted by Crippen LogP contribution is -2.42. The lowest BCUT2D eigenvalue weighted by atomic mass is 10.1. The fraction of sp³-hybridized carbons (Fsp3) is 0.429. The number of hydrogen-bond acceptors (Lipinski definition) is 8. The van der Waals surface area contributed by atoms with Gasteiger partial charge in [0.15, 0.2) is 17.2 Å². The molecule has 1 aromatic heterocycles. The van der Waals surface area contributed by atoms with Gasteiger partial charge in [-0.25, -0.2) is 9.78 Å². The number of thioether (sulfide) groups is 1. The Balaban J connectivity index is 1.57. The van der Waals surface area contributed by atoms with E-state index in [-0.39, 0.29) is 34.4 Å². The maximum absolute atomic E-state index is 12.5. The van der Waals surface area contributed by atoms with Crippen molar-refractivity contribution in [2.45, 2.75) is 44.2 Å². The lowest BCUT2D eigenvalue weighted by Gasteiger charge is -2.22. The quantitative estimate of drug-likeness (QED) is 0.638. The Morgan fingerprint density at radius 2 is 1.97 bits per heavy atom. The maximum Gasteiger partial charge on any atom is 0.328 e. The number of fused-ring (bicyclic) bond motifs is 1.